The largest absolute Gasteiger partial charge is 0.657 e. The Morgan fingerprint density at radius 2 is 1.04 bits per heavy atom. The number of nitrogens with zero attached hydrogens (tertiary/aromatic N) is 4. The molecule has 0 spiro atoms. The van der Waals surface area contributed by atoms with Gasteiger partial charge >= 0.3 is 11.9 Å². The summed E-state index contributed by atoms with van der Waals surface area (Å²) in [6, 6.07) is 0. The number of hydrogen-bond acceptors (Lipinski definition) is 4. The van der Waals surface area contributed by atoms with Crippen molar-refractivity contribution < 1.29 is 46.8 Å². The molecule has 8 bridgehead atoms. The van der Waals surface area contributed by atoms with Crippen LogP contribution in [0.4, 0.5) is 0 Å². The summed E-state index contributed by atoms with van der Waals surface area (Å²) < 4.78 is 0. The van der Waals surface area contributed by atoms with Gasteiger partial charge in [0.15, 0.2) is 0 Å². The van der Waals surface area contributed by atoms with Gasteiger partial charge in [-0.05, 0) is 65.5 Å². The zero-order valence-electron chi connectivity index (χ0n) is 26.0. The van der Waals surface area contributed by atoms with E-state index in [1.807, 2.05) is 39.8 Å². The molecule has 0 aliphatic carbocycles. The summed E-state index contributed by atoms with van der Waals surface area (Å²) in [5.41, 5.74) is 8.32. The number of aromatic nitrogens is 4. The number of aliphatic carboxylic acids is 2. The van der Waals surface area contributed by atoms with Gasteiger partial charge in [0, 0.05) is 29.6 Å². The van der Waals surface area contributed by atoms with Crippen molar-refractivity contribution in [2.24, 2.45) is 0 Å². The molecule has 241 valence electrons. The van der Waals surface area contributed by atoms with Crippen LogP contribution in [0.5, 0.6) is 0 Å². The van der Waals surface area contributed by atoms with Gasteiger partial charge in [0.05, 0.1) is 12.2 Å². The summed E-state index contributed by atoms with van der Waals surface area (Å²) in [6.07, 6.45) is 5.93. The van der Waals surface area contributed by atoms with Crippen LogP contribution < -0.4 is 41.3 Å². The van der Waals surface area contributed by atoms with E-state index in [0.717, 1.165) is 33.4 Å². The average molecular weight is 656 g/mol. The number of rotatable bonds is 8. The van der Waals surface area contributed by atoms with E-state index in [1.54, 1.807) is 26.0 Å². The van der Waals surface area contributed by atoms with Gasteiger partial charge in [0.1, 0.15) is 0 Å². The first-order valence-corrected chi connectivity index (χ1v) is 14.6. The summed E-state index contributed by atoms with van der Waals surface area (Å²) in [4.78, 5) is 42.6. The molecule has 10 nitrogen and oxygen atoms in total. The molecule has 2 atom stereocenters. The summed E-state index contributed by atoms with van der Waals surface area (Å²) in [5, 5.41) is 42.7. The van der Waals surface area contributed by atoms with Gasteiger partial charge in [-0.2, -0.15) is 0 Å². The maximum atomic E-state index is 11.5. The summed E-state index contributed by atoms with van der Waals surface area (Å²) in [7, 11) is 0. The van der Waals surface area contributed by atoms with Crippen molar-refractivity contribution in [3.63, 3.8) is 0 Å². The van der Waals surface area contributed by atoms with Gasteiger partial charge in [-0.25, -0.2) is 0 Å². The Kier molecular flexibility index (Phi) is 9.88. The van der Waals surface area contributed by atoms with Gasteiger partial charge in [-0.15, -0.1) is 44.2 Å². The molecule has 1 aliphatic heterocycles. The number of hydrogen-bond donors (Lipinski definition) is 4. The van der Waals surface area contributed by atoms with Crippen LogP contribution in [-0.4, -0.2) is 32.4 Å². The quantitative estimate of drug-likeness (QED) is 0.185. The Hall–Kier alpha value is -4.03. The average Bonchev–Trinajstić information content (AvgIpc) is 3.59. The van der Waals surface area contributed by atoms with Crippen molar-refractivity contribution in [3.05, 3.63) is 88.7 Å². The predicted octanol–water partition coefficient (Wildman–Crippen LogP) is 0.516. The van der Waals surface area contributed by atoms with Crippen molar-refractivity contribution in [2.75, 3.05) is 0 Å². The van der Waals surface area contributed by atoms with Gasteiger partial charge in [0.2, 0.25) is 0 Å². The van der Waals surface area contributed by atoms with Crippen LogP contribution in [0.2, 0.25) is 0 Å². The first-order chi connectivity index (χ1) is 20.8. The van der Waals surface area contributed by atoms with Crippen molar-refractivity contribution in [1.82, 2.24) is 19.9 Å². The molecule has 2 unspecified atom stereocenters. The van der Waals surface area contributed by atoms with Gasteiger partial charge in [-0.1, -0.05) is 57.7 Å². The number of carbonyl (C=O) groups is 2. The number of aliphatic hydroxyl groups is 2. The monoisotopic (exact) mass is 655 g/mol. The van der Waals surface area contributed by atoms with Crippen LogP contribution in [0, 0.1) is 27.7 Å². The van der Waals surface area contributed by atoms with Crippen molar-refractivity contribution in [1.29, 1.82) is 0 Å². The molecule has 11 heteroatoms. The van der Waals surface area contributed by atoms with Crippen LogP contribution in [0.25, 0.3) is 24.3 Å². The molecule has 4 aromatic rings. The summed E-state index contributed by atoms with van der Waals surface area (Å²) in [5.74, 6) is -1.86. The minimum Gasteiger partial charge on any atom is -0.657 e. The van der Waals surface area contributed by atoms with E-state index in [2.05, 4.69) is 0 Å². The fraction of sp³-hybridized carbons (Fsp3) is 0.353. The van der Waals surface area contributed by atoms with E-state index in [-0.39, 0.29) is 42.5 Å². The van der Waals surface area contributed by atoms with Gasteiger partial charge in [0.25, 0.3) is 0 Å². The fourth-order valence-electron chi connectivity index (χ4n) is 6.15. The molecule has 4 aromatic heterocycles. The maximum Gasteiger partial charge on any atom is 0.303 e. The third kappa shape index (κ3) is 6.52. The van der Waals surface area contributed by atoms with Gasteiger partial charge in [-0.3, -0.25) is 9.59 Å². The van der Waals surface area contributed by atoms with Gasteiger partial charge < -0.3 is 40.4 Å². The smallest absolute Gasteiger partial charge is 0.303 e. The minimum absolute atomic E-state index is 0. The van der Waals surface area contributed by atoms with Crippen LogP contribution in [0.15, 0.2) is 0 Å². The summed E-state index contributed by atoms with van der Waals surface area (Å²) in [6.45, 7) is 10.9. The molecular weight excluding hydrogens is 619 g/mol. The van der Waals surface area contributed by atoms with Crippen LogP contribution in [0.3, 0.4) is 0 Å². The standard InChI is InChI=1S/C34H36N4O6.Co/c1-15-21(7-9-31(41)42)27-14-28-22(8-10-32(43)44)16(2)24(36-28)12-29-34(20(6)40)18(4)26(38-29)13-30-33(19(5)39)17(3)25(37-30)11-23(15)35-27;/h11-14,19-20,39-40H,7-10H2,1-6H3,(H,41,42)(H,43,44);/q-4;/b23-11-,24-12?,25-11?,26-13-,27-14-,28-14?,29-12-,30-13?;. The summed E-state index contributed by atoms with van der Waals surface area (Å²) >= 11 is 0. The number of carboxylic acid groups (broad SMARTS) is 2. The van der Waals surface area contributed by atoms with E-state index in [0.29, 0.717) is 55.3 Å². The molecule has 1 aliphatic rings. The van der Waals surface area contributed by atoms with E-state index < -0.39 is 24.1 Å². The number of fused-ring (bicyclic) bond motifs is 8. The van der Waals surface area contributed by atoms with Crippen molar-refractivity contribution >= 4 is 36.2 Å². The first kappa shape index (κ1) is 33.9. The topological polar surface area (TPSA) is 171 Å². The molecular formula is C34H36CoN4O6-4. The third-order valence-corrected chi connectivity index (χ3v) is 8.49. The Bertz CT molecular complexity index is 2040. The Morgan fingerprint density at radius 1 is 0.578 bits per heavy atom. The van der Waals surface area contributed by atoms with Crippen LogP contribution in [0.1, 0.15) is 106 Å². The second-order valence-corrected chi connectivity index (χ2v) is 11.5. The third-order valence-electron chi connectivity index (χ3n) is 8.49. The zero-order valence-corrected chi connectivity index (χ0v) is 27.1. The Labute approximate surface area is 270 Å². The normalized spacial score (nSPS) is 16.5. The molecule has 1 radical (unpaired) electrons. The molecule has 0 fully saturated rings. The maximum absolute atomic E-state index is 11.5. The van der Waals surface area contributed by atoms with E-state index in [1.165, 1.54) is 0 Å². The number of carboxylic acids is 2. The van der Waals surface area contributed by atoms with Crippen LogP contribution in [-0.2, 0) is 39.2 Å². The van der Waals surface area contributed by atoms with E-state index in [9.17, 15) is 30.0 Å². The Morgan fingerprint density at radius 3 is 1.64 bits per heavy atom. The number of aliphatic hydroxyl groups excluding tert-OH is 2. The second kappa shape index (κ2) is 13.1. The Balaban J connectivity index is 0.00000461. The van der Waals surface area contributed by atoms with Crippen molar-refractivity contribution in [2.45, 2.75) is 79.4 Å². The molecule has 5 rings (SSSR count). The molecule has 45 heavy (non-hydrogen) atoms. The SMILES string of the molecule is Cc1c2[n-]c(c1CCC(=O)O)/C=c1\[n-]/c(c(C)c1CCC(=O)O)=C\c1[n-]c(c(C(C)O)c1C)/C=c1\[n-]/c(c(C(C)O)c1C)=C\2.[Co]. The first-order valence-electron chi connectivity index (χ1n) is 14.6. The molecule has 4 N–H and O–H groups in total. The molecule has 0 saturated carbocycles. The molecule has 5 heterocycles. The van der Waals surface area contributed by atoms with Crippen LogP contribution >= 0.6 is 0 Å². The molecule has 0 amide bonds. The van der Waals surface area contributed by atoms with E-state index >= 15 is 0 Å². The molecule has 0 aromatic carbocycles. The zero-order chi connectivity index (χ0) is 32.0. The van der Waals surface area contributed by atoms with E-state index in [4.69, 9.17) is 19.9 Å². The van der Waals surface area contributed by atoms with Crippen molar-refractivity contribution in [3.8, 4) is 0 Å². The minimum atomic E-state index is -0.931. The second-order valence-electron chi connectivity index (χ2n) is 11.5. The predicted molar refractivity (Wildman–Crippen MR) is 164 cm³/mol. The molecule has 0 saturated heterocycles. The fourth-order valence-corrected chi connectivity index (χ4v) is 6.15.